The SMILES string of the molecule is CC(O)CCN(C)C(=O)NCc1ccnc(-n2cccn2)c1. The Morgan fingerprint density at radius 2 is 2.32 bits per heavy atom. The molecule has 2 amide bonds. The maximum absolute atomic E-state index is 11.9. The summed E-state index contributed by atoms with van der Waals surface area (Å²) in [6.07, 6.45) is 5.34. The van der Waals surface area contributed by atoms with Crippen molar-refractivity contribution in [2.45, 2.75) is 26.0 Å². The Kier molecular flexibility index (Phi) is 5.48. The fourth-order valence-corrected chi connectivity index (χ4v) is 1.89. The van der Waals surface area contributed by atoms with Crippen LogP contribution in [-0.4, -0.2) is 50.5 Å². The van der Waals surface area contributed by atoms with Crippen LogP contribution in [0.1, 0.15) is 18.9 Å². The molecule has 0 saturated heterocycles. The second-order valence-corrected chi connectivity index (χ2v) is 5.19. The Balaban J connectivity index is 1.89. The first kappa shape index (κ1) is 16.0. The molecule has 0 aliphatic heterocycles. The van der Waals surface area contributed by atoms with Gasteiger partial charge in [0.2, 0.25) is 0 Å². The Morgan fingerprint density at radius 1 is 1.50 bits per heavy atom. The Hall–Kier alpha value is -2.41. The lowest BCUT2D eigenvalue weighted by Gasteiger charge is -2.18. The summed E-state index contributed by atoms with van der Waals surface area (Å²) in [7, 11) is 1.71. The largest absolute Gasteiger partial charge is 0.393 e. The molecule has 2 rings (SSSR count). The highest BCUT2D eigenvalue weighted by Crippen LogP contribution is 2.06. The third kappa shape index (κ3) is 4.56. The number of hydrogen-bond acceptors (Lipinski definition) is 4. The monoisotopic (exact) mass is 303 g/mol. The lowest BCUT2D eigenvalue weighted by molar-refractivity contribution is 0.163. The van der Waals surface area contributed by atoms with Crippen LogP contribution in [0.15, 0.2) is 36.8 Å². The van der Waals surface area contributed by atoms with Gasteiger partial charge in [-0.15, -0.1) is 0 Å². The zero-order chi connectivity index (χ0) is 15.9. The van der Waals surface area contributed by atoms with Crippen molar-refractivity contribution in [3.63, 3.8) is 0 Å². The van der Waals surface area contributed by atoms with Crippen molar-refractivity contribution in [3.05, 3.63) is 42.4 Å². The zero-order valence-electron chi connectivity index (χ0n) is 12.8. The van der Waals surface area contributed by atoms with Crippen molar-refractivity contribution < 1.29 is 9.90 Å². The first-order valence-electron chi connectivity index (χ1n) is 7.18. The second kappa shape index (κ2) is 7.56. The van der Waals surface area contributed by atoms with Gasteiger partial charge >= 0.3 is 6.03 Å². The minimum absolute atomic E-state index is 0.168. The van der Waals surface area contributed by atoms with E-state index in [4.69, 9.17) is 0 Å². The third-order valence-corrected chi connectivity index (χ3v) is 3.22. The summed E-state index contributed by atoms with van der Waals surface area (Å²) >= 11 is 0. The minimum atomic E-state index is -0.410. The van der Waals surface area contributed by atoms with E-state index in [9.17, 15) is 9.90 Å². The van der Waals surface area contributed by atoms with Gasteiger partial charge in [-0.1, -0.05) is 0 Å². The maximum atomic E-state index is 11.9. The Labute approximate surface area is 129 Å². The molecule has 0 fully saturated rings. The fraction of sp³-hybridized carbons (Fsp3) is 0.400. The molecule has 0 radical (unpaired) electrons. The highest BCUT2D eigenvalue weighted by atomic mass is 16.3. The van der Waals surface area contributed by atoms with Gasteiger partial charge in [-0.3, -0.25) is 0 Å². The van der Waals surface area contributed by atoms with Gasteiger partial charge in [-0.05, 0) is 37.1 Å². The molecule has 0 aliphatic carbocycles. The molecule has 2 aromatic heterocycles. The van der Waals surface area contributed by atoms with E-state index in [1.165, 1.54) is 0 Å². The average molecular weight is 303 g/mol. The predicted molar refractivity (Wildman–Crippen MR) is 82.5 cm³/mol. The number of nitrogens with zero attached hydrogens (tertiary/aromatic N) is 4. The van der Waals surface area contributed by atoms with Crippen LogP contribution in [0.25, 0.3) is 5.82 Å². The molecule has 0 aliphatic rings. The van der Waals surface area contributed by atoms with Crippen LogP contribution in [0, 0.1) is 0 Å². The van der Waals surface area contributed by atoms with Crippen LogP contribution in [0.2, 0.25) is 0 Å². The summed E-state index contributed by atoms with van der Waals surface area (Å²) in [5, 5.41) is 16.2. The fourth-order valence-electron chi connectivity index (χ4n) is 1.89. The molecule has 0 spiro atoms. The molecule has 1 atom stereocenters. The van der Waals surface area contributed by atoms with Gasteiger partial charge in [0.1, 0.15) is 0 Å². The van der Waals surface area contributed by atoms with Crippen LogP contribution < -0.4 is 5.32 Å². The smallest absolute Gasteiger partial charge is 0.317 e. The normalized spacial score (nSPS) is 12.0. The number of aliphatic hydroxyl groups excluding tert-OH is 1. The quantitative estimate of drug-likeness (QED) is 0.839. The summed E-state index contributed by atoms with van der Waals surface area (Å²) in [6, 6.07) is 5.39. The number of aliphatic hydroxyl groups is 1. The summed E-state index contributed by atoms with van der Waals surface area (Å²) in [5.41, 5.74) is 0.942. The van der Waals surface area contributed by atoms with Gasteiger partial charge in [0.05, 0.1) is 6.10 Å². The van der Waals surface area contributed by atoms with Crippen molar-refractivity contribution in [1.29, 1.82) is 0 Å². The van der Waals surface area contributed by atoms with Crippen molar-refractivity contribution in [1.82, 2.24) is 25.0 Å². The van der Waals surface area contributed by atoms with Crippen molar-refractivity contribution in [2.24, 2.45) is 0 Å². The van der Waals surface area contributed by atoms with E-state index >= 15 is 0 Å². The summed E-state index contributed by atoms with van der Waals surface area (Å²) < 4.78 is 1.67. The number of pyridine rings is 1. The molecule has 0 bridgehead atoms. The van der Waals surface area contributed by atoms with Crippen molar-refractivity contribution in [2.75, 3.05) is 13.6 Å². The molecule has 2 heterocycles. The molecule has 22 heavy (non-hydrogen) atoms. The van der Waals surface area contributed by atoms with Gasteiger partial charge in [0, 0.05) is 38.7 Å². The van der Waals surface area contributed by atoms with Crippen LogP contribution in [0.5, 0.6) is 0 Å². The summed E-state index contributed by atoms with van der Waals surface area (Å²) in [4.78, 5) is 17.7. The maximum Gasteiger partial charge on any atom is 0.317 e. The molecule has 2 N–H and O–H groups in total. The van der Waals surface area contributed by atoms with Gasteiger partial charge < -0.3 is 15.3 Å². The molecular weight excluding hydrogens is 282 g/mol. The number of carbonyl (C=O) groups excluding carboxylic acids is 1. The van der Waals surface area contributed by atoms with Crippen LogP contribution in [0.3, 0.4) is 0 Å². The van der Waals surface area contributed by atoms with Crippen LogP contribution >= 0.6 is 0 Å². The zero-order valence-corrected chi connectivity index (χ0v) is 12.8. The highest BCUT2D eigenvalue weighted by Gasteiger charge is 2.09. The number of amides is 2. The molecule has 7 nitrogen and oxygen atoms in total. The first-order chi connectivity index (χ1) is 10.6. The number of aromatic nitrogens is 3. The molecule has 7 heteroatoms. The van der Waals surface area contributed by atoms with Gasteiger partial charge in [-0.2, -0.15) is 5.10 Å². The van der Waals surface area contributed by atoms with Crippen LogP contribution in [-0.2, 0) is 6.54 Å². The van der Waals surface area contributed by atoms with Gasteiger partial charge in [0.15, 0.2) is 5.82 Å². The number of urea groups is 1. The van der Waals surface area contributed by atoms with Gasteiger partial charge in [-0.25, -0.2) is 14.5 Å². The lowest BCUT2D eigenvalue weighted by atomic mass is 10.2. The van der Waals surface area contributed by atoms with Crippen molar-refractivity contribution in [3.8, 4) is 5.82 Å². The molecular formula is C15H21N5O2. The second-order valence-electron chi connectivity index (χ2n) is 5.19. The Morgan fingerprint density at radius 3 is 3.00 bits per heavy atom. The number of rotatable bonds is 6. The molecule has 2 aromatic rings. The molecule has 0 saturated carbocycles. The first-order valence-corrected chi connectivity index (χ1v) is 7.18. The lowest BCUT2D eigenvalue weighted by Crippen LogP contribution is -2.38. The molecule has 118 valence electrons. The van der Waals surface area contributed by atoms with Crippen molar-refractivity contribution >= 4 is 6.03 Å². The minimum Gasteiger partial charge on any atom is -0.393 e. The topological polar surface area (TPSA) is 83.3 Å². The van der Waals surface area contributed by atoms with E-state index in [0.717, 1.165) is 5.56 Å². The van der Waals surface area contributed by atoms with E-state index in [1.54, 1.807) is 35.9 Å². The molecule has 0 aromatic carbocycles. The molecule has 1 unspecified atom stereocenters. The van der Waals surface area contributed by atoms with E-state index in [2.05, 4.69) is 15.4 Å². The van der Waals surface area contributed by atoms with E-state index in [0.29, 0.717) is 25.3 Å². The third-order valence-electron chi connectivity index (χ3n) is 3.22. The van der Waals surface area contributed by atoms with E-state index < -0.39 is 6.10 Å². The van der Waals surface area contributed by atoms with E-state index in [1.807, 2.05) is 24.4 Å². The standard InChI is InChI=1S/C15H21N5O2/c1-12(21)5-9-19(2)15(22)17-11-13-4-7-16-14(10-13)20-8-3-6-18-20/h3-4,6-8,10,12,21H,5,9,11H2,1-2H3,(H,17,22). The predicted octanol–water partition coefficient (Wildman–Crippen LogP) is 1.18. The number of nitrogens with one attached hydrogen (secondary N) is 1. The Bertz CT molecular complexity index is 598. The number of carbonyl (C=O) groups is 1. The summed E-state index contributed by atoms with van der Waals surface area (Å²) in [6.45, 7) is 2.63. The average Bonchev–Trinajstić information content (AvgIpc) is 3.05. The highest BCUT2D eigenvalue weighted by molar-refractivity contribution is 5.73. The van der Waals surface area contributed by atoms with Gasteiger partial charge in [0.25, 0.3) is 0 Å². The number of hydrogen-bond donors (Lipinski definition) is 2. The summed E-state index contributed by atoms with van der Waals surface area (Å²) in [5.74, 6) is 0.708. The van der Waals surface area contributed by atoms with Crippen LogP contribution in [0.4, 0.5) is 4.79 Å². The van der Waals surface area contributed by atoms with E-state index in [-0.39, 0.29) is 6.03 Å².